The Bertz CT molecular complexity index is 316. The van der Waals surface area contributed by atoms with Crippen molar-refractivity contribution in [3.05, 3.63) is 0 Å². The summed E-state index contributed by atoms with van der Waals surface area (Å²) in [4.78, 5) is 25.8. The molecule has 2 rings (SSSR count). The SMILES string of the molecule is CCC1C(=O)NCCN1C(=O)CC1CCSCC1. The molecule has 0 aromatic rings. The zero-order valence-electron chi connectivity index (χ0n) is 11.0. The number of hydrogen-bond acceptors (Lipinski definition) is 3. The van der Waals surface area contributed by atoms with Gasteiger partial charge < -0.3 is 10.2 Å². The fourth-order valence-corrected chi connectivity index (χ4v) is 3.94. The quantitative estimate of drug-likeness (QED) is 0.840. The first-order chi connectivity index (χ1) is 8.72. The average Bonchev–Trinajstić information content (AvgIpc) is 2.39. The van der Waals surface area contributed by atoms with Crippen molar-refractivity contribution in [2.45, 2.75) is 38.6 Å². The minimum atomic E-state index is -0.246. The highest BCUT2D eigenvalue weighted by Gasteiger charge is 2.32. The second-order valence-corrected chi connectivity index (χ2v) is 6.29. The van der Waals surface area contributed by atoms with Gasteiger partial charge in [-0.3, -0.25) is 9.59 Å². The van der Waals surface area contributed by atoms with Crippen LogP contribution in [0.25, 0.3) is 0 Å². The number of nitrogens with one attached hydrogen (secondary N) is 1. The second-order valence-electron chi connectivity index (χ2n) is 5.06. The number of nitrogens with zero attached hydrogens (tertiary/aromatic N) is 1. The normalized spacial score (nSPS) is 25.9. The molecule has 0 aromatic heterocycles. The maximum atomic E-state index is 12.3. The summed E-state index contributed by atoms with van der Waals surface area (Å²) in [7, 11) is 0. The van der Waals surface area contributed by atoms with Crippen LogP contribution < -0.4 is 5.32 Å². The Morgan fingerprint density at radius 1 is 1.44 bits per heavy atom. The smallest absolute Gasteiger partial charge is 0.242 e. The van der Waals surface area contributed by atoms with Crippen molar-refractivity contribution < 1.29 is 9.59 Å². The molecule has 18 heavy (non-hydrogen) atoms. The van der Waals surface area contributed by atoms with Crippen LogP contribution in [0.3, 0.4) is 0 Å². The molecule has 0 radical (unpaired) electrons. The summed E-state index contributed by atoms with van der Waals surface area (Å²) >= 11 is 1.98. The summed E-state index contributed by atoms with van der Waals surface area (Å²) in [5.41, 5.74) is 0. The van der Waals surface area contributed by atoms with Crippen LogP contribution in [0, 0.1) is 5.92 Å². The van der Waals surface area contributed by atoms with Gasteiger partial charge in [0, 0.05) is 19.5 Å². The van der Waals surface area contributed by atoms with Gasteiger partial charge >= 0.3 is 0 Å². The number of carbonyl (C=O) groups excluding carboxylic acids is 2. The average molecular weight is 270 g/mol. The van der Waals surface area contributed by atoms with E-state index in [-0.39, 0.29) is 17.9 Å². The largest absolute Gasteiger partial charge is 0.353 e. The molecule has 2 fully saturated rings. The minimum Gasteiger partial charge on any atom is -0.353 e. The zero-order chi connectivity index (χ0) is 13.0. The molecule has 0 aromatic carbocycles. The second kappa shape index (κ2) is 6.45. The number of piperazine rings is 1. The monoisotopic (exact) mass is 270 g/mol. The van der Waals surface area contributed by atoms with E-state index in [4.69, 9.17) is 0 Å². The molecule has 2 amide bonds. The highest BCUT2D eigenvalue weighted by molar-refractivity contribution is 7.99. The van der Waals surface area contributed by atoms with E-state index in [2.05, 4.69) is 5.32 Å². The molecule has 2 heterocycles. The molecular formula is C13H22N2O2S. The van der Waals surface area contributed by atoms with Gasteiger partial charge in [-0.25, -0.2) is 0 Å². The molecule has 0 bridgehead atoms. The predicted molar refractivity (Wildman–Crippen MR) is 73.5 cm³/mol. The topological polar surface area (TPSA) is 49.4 Å². The van der Waals surface area contributed by atoms with Gasteiger partial charge in [-0.1, -0.05) is 6.92 Å². The maximum Gasteiger partial charge on any atom is 0.242 e. The maximum absolute atomic E-state index is 12.3. The minimum absolute atomic E-state index is 0.0105. The van der Waals surface area contributed by atoms with E-state index in [0.717, 1.165) is 12.8 Å². The highest BCUT2D eigenvalue weighted by atomic mass is 32.2. The first-order valence-electron chi connectivity index (χ1n) is 6.87. The van der Waals surface area contributed by atoms with Gasteiger partial charge in [0.1, 0.15) is 6.04 Å². The lowest BCUT2D eigenvalue weighted by atomic mass is 9.97. The molecule has 2 saturated heterocycles. The lowest BCUT2D eigenvalue weighted by molar-refractivity contribution is -0.144. The van der Waals surface area contributed by atoms with Gasteiger partial charge in [0.2, 0.25) is 11.8 Å². The van der Waals surface area contributed by atoms with Gasteiger partial charge in [-0.2, -0.15) is 11.8 Å². The molecule has 102 valence electrons. The van der Waals surface area contributed by atoms with Crippen LogP contribution >= 0.6 is 11.8 Å². The lowest BCUT2D eigenvalue weighted by Gasteiger charge is -2.35. The summed E-state index contributed by atoms with van der Waals surface area (Å²) in [6.45, 7) is 3.24. The fourth-order valence-electron chi connectivity index (χ4n) is 2.73. The third-order valence-corrected chi connectivity index (χ3v) is 4.89. The van der Waals surface area contributed by atoms with Crippen molar-refractivity contribution in [1.29, 1.82) is 0 Å². The Balaban J connectivity index is 1.91. The summed E-state index contributed by atoms with van der Waals surface area (Å²) in [5, 5.41) is 2.84. The molecule has 0 spiro atoms. The van der Waals surface area contributed by atoms with E-state index in [0.29, 0.717) is 31.8 Å². The lowest BCUT2D eigenvalue weighted by Crippen LogP contribution is -2.57. The van der Waals surface area contributed by atoms with Crippen LogP contribution in [-0.2, 0) is 9.59 Å². The highest BCUT2D eigenvalue weighted by Crippen LogP contribution is 2.26. The standard InChI is InChI=1S/C13H22N2O2S/c1-2-11-13(17)14-5-6-15(11)12(16)9-10-3-7-18-8-4-10/h10-11H,2-9H2,1H3,(H,14,17). The zero-order valence-corrected chi connectivity index (χ0v) is 11.8. The molecule has 1 unspecified atom stereocenters. The fraction of sp³-hybridized carbons (Fsp3) is 0.846. The van der Waals surface area contributed by atoms with Gasteiger partial charge in [-0.05, 0) is 36.7 Å². The van der Waals surface area contributed by atoms with Gasteiger partial charge in [0.25, 0.3) is 0 Å². The van der Waals surface area contributed by atoms with Crippen molar-refractivity contribution >= 4 is 23.6 Å². The van der Waals surface area contributed by atoms with Crippen LogP contribution in [0.1, 0.15) is 32.6 Å². The molecule has 1 atom stereocenters. The Labute approximate surface area is 113 Å². The third-order valence-electron chi connectivity index (χ3n) is 3.84. The van der Waals surface area contributed by atoms with E-state index in [1.54, 1.807) is 4.90 Å². The van der Waals surface area contributed by atoms with Gasteiger partial charge in [0.05, 0.1) is 0 Å². The van der Waals surface area contributed by atoms with E-state index < -0.39 is 0 Å². The van der Waals surface area contributed by atoms with Crippen LogP contribution in [0.5, 0.6) is 0 Å². The molecule has 1 N–H and O–H groups in total. The number of thioether (sulfide) groups is 1. The molecule has 4 nitrogen and oxygen atoms in total. The van der Waals surface area contributed by atoms with Crippen molar-refractivity contribution in [2.24, 2.45) is 5.92 Å². The molecule has 5 heteroatoms. The first kappa shape index (κ1) is 13.7. The first-order valence-corrected chi connectivity index (χ1v) is 8.02. The Morgan fingerprint density at radius 3 is 2.83 bits per heavy atom. The number of rotatable bonds is 3. The van der Waals surface area contributed by atoms with E-state index in [1.165, 1.54) is 11.5 Å². The van der Waals surface area contributed by atoms with Crippen molar-refractivity contribution in [3.8, 4) is 0 Å². The molecule has 2 aliphatic heterocycles. The van der Waals surface area contributed by atoms with Crippen LogP contribution in [-0.4, -0.2) is 47.4 Å². The van der Waals surface area contributed by atoms with Crippen LogP contribution in [0.2, 0.25) is 0 Å². The summed E-state index contributed by atoms with van der Waals surface area (Å²) in [5.74, 6) is 3.07. The molecule has 0 saturated carbocycles. The Kier molecular flexibility index (Phi) is 4.92. The molecule has 2 aliphatic rings. The predicted octanol–water partition coefficient (Wildman–Crippen LogP) is 1.26. The van der Waals surface area contributed by atoms with Crippen LogP contribution in [0.15, 0.2) is 0 Å². The van der Waals surface area contributed by atoms with Crippen molar-refractivity contribution in [1.82, 2.24) is 10.2 Å². The summed E-state index contributed by atoms with van der Waals surface area (Å²) < 4.78 is 0. The number of carbonyl (C=O) groups is 2. The van der Waals surface area contributed by atoms with E-state index in [9.17, 15) is 9.59 Å². The third kappa shape index (κ3) is 3.19. The Morgan fingerprint density at radius 2 is 2.17 bits per heavy atom. The van der Waals surface area contributed by atoms with Crippen LogP contribution in [0.4, 0.5) is 0 Å². The van der Waals surface area contributed by atoms with Gasteiger partial charge in [0.15, 0.2) is 0 Å². The van der Waals surface area contributed by atoms with E-state index in [1.807, 2.05) is 18.7 Å². The summed E-state index contributed by atoms with van der Waals surface area (Å²) in [6, 6.07) is -0.246. The van der Waals surface area contributed by atoms with Crippen molar-refractivity contribution in [3.63, 3.8) is 0 Å². The van der Waals surface area contributed by atoms with Crippen molar-refractivity contribution in [2.75, 3.05) is 24.6 Å². The molecule has 0 aliphatic carbocycles. The number of hydrogen-bond donors (Lipinski definition) is 1. The van der Waals surface area contributed by atoms with E-state index >= 15 is 0 Å². The number of amides is 2. The summed E-state index contributed by atoms with van der Waals surface area (Å²) in [6.07, 6.45) is 3.63. The Hall–Kier alpha value is -0.710. The van der Waals surface area contributed by atoms with Gasteiger partial charge in [-0.15, -0.1) is 0 Å². The molecular weight excluding hydrogens is 248 g/mol.